The second-order valence-electron chi connectivity index (χ2n) is 6.43. The van der Waals surface area contributed by atoms with Crippen molar-refractivity contribution in [1.29, 1.82) is 0 Å². The van der Waals surface area contributed by atoms with Gasteiger partial charge in [0.2, 0.25) is 5.91 Å². The Morgan fingerprint density at radius 2 is 2.29 bits per heavy atom. The van der Waals surface area contributed by atoms with E-state index in [4.69, 9.17) is 0 Å². The number of hydrogen-bond acceptors (Lipinski definition) is 4. The minimum Gasteiger partial charge on any atom is -0.355 e. The van der Waals surface area contributed by atoms with E-state index in [0.717, 1.165) is 37.4 Å². The summed E-state index contributed by atoms with van der Waals surface area (Å²) in [7, 11) is 1.92. The molecule has 0 N–H and O–H groups in total. The number of likely N-dealkylation sites (N-methyl/N-ethyl adjacent to an activating group) is 1. The molecule has 1 aliphatic heterocycles. The predicted octanol–water partition coefficient (Wildman–Crippen LogP) is 2.10. The Morgan fingerprint density at radius 3 is 3.04 bits per heavy atom. The summed E-state index contributed by atoms with van der Waals surface area (Å²) >= 11 is 0. The van der Waals surface area contributed by atoms with Crippen molar-refractivity contribution in [3.05, 3.63) is 42.6 Å². The van der Waals surface area contributed by atoms with Gasteiger partial charge in [0.25, 0.3) is 0 Å². The highest BCUT2D eigenvalue weighted by Gasteiger charge is 2.26. The van der Waals surface area contributed by atoms with Crippen LogP contribution in [0.2, 0.25) is 0 Å². The maximum absolute atomic E-state index is 12.5. The summed E-state index contributed by atoms with van der Waals surface area (Å²) in [4.78, 5) is 25.3. The molecule has 0 saturated carbocycles. The van der Waals surface area contributed by atoms with E-state index in [1.54, 1.807) is 12.5 Å². The monoisotopic (exact) mass is 327 g/mol. The van der Waals surface area contributed by atoms with Gasteiger partial charge in [0, 0.05) is 57.2 Å². The van der Waals surface area contributed by atoms with E-state index in [1.807, 2.05) is 41.8 Å². The van der Waals surface area contributed by atoms with Gasteiger partial charge in [-0.15, -0.1) is 0 Å². The van der Waals surface area contributed by atoms with Crippen molar-refractivity contribution >= 4 is 11.7 Å². The maximum Gasteiger partial charge on any atom is 0.224 e. The molecule has 0 radical (unpaired) electrons. The number of rotatable bonds is 5. The zero-order valence-corrected chi connectivity index (χ0v) is 14.4. The highest BCUT2D eigenvalue weighted by atomic mass is 16.2. The number of aryl methyl sites for hydroxylation is 2. The third-order valence-corrected chi connectivity index (χ3v) is 4.68. The molecule has 0 unspecified atom stereocenters. The Hall–Kier alpha value is -2.37. The topological polar surface area (TPSA) is 54.3 Å². The molecule has 128 valence electrons. The lowest BCUT2D eigenvalue weighted by atomic mass is 10.0. The molecule has 2 aromatic heterocycles. The van der Waals surface area contributed by atoms with E-state index in [2.05, 4.69) is 20.9 Å². The van der Waals surface area contributed by atoms with Crippen molar-refractivity contribution in [2.24, 2.45) is 0 Å². The molecule has 0 aliphatic carbocycles. The van der Waals surface area contributed by atoms with Crippen molar-refractivity contribution in [3.63, 3.8) is 0 Å². The number of amides is 1. The third-order valence-electron chi connectivity index (χ3n) is 4.68. The zero-order valence-electron chi connectivity index (χ0n) is 14.4. The Bertz CT molecular complexity index is 670. The van der Waals surface area contributed by atoms with Gasteiger partial charge in [-0.05, 0) is 31.9 Å². The van der Waals surface area contributed by atoms with E-state index in [9.17, 15) is 4.79 Å². The van der Waals surface area contributed by atoms with Crippen LogP contribution < -0.4 is 4.90 Å². The minimum absolute atomic E-state index is 0.188. The Morgan fingerprint density at radius 1 is 1.42 bits per heavy atom. The smallest absolute Gasteiger partial charge is 0.224 e. The summed E-state index contributed by atoms with van der Waals surface area (Å²) in [6, 6.07) is 6.35. The largest absolute Gasteiger partial charge is 0.355 e. The van der Waals surface area contributed by atoms with Gasteiger partial charge < -0.3 is 14.4 Å². The van der Waals surface area contributed by atoms with Gasteiger partial charge in [0.05, 0.1) is 6.33 Å². The number of carbonyl (C=O) groups excluding carboxylic acids is 1. The molecule has 1 fully saturated rings. The molecular weight excluding hydrogens is 302 g/mol. The molecule has 1 aliphatic rings. The molecule has 2 aromatic rings. The van der Waals surface area contributed by atoms with Crippen LogP contribution in [0.1, 0.15) is 25.0 Å². The van der Waals surface area contributed by atoms with E-state index in [-0.39, 0.29) is 11.9 Å². The molecule has 1 saturated heterocycles. The first kappa shape index (κ1) is 16.5. The van der Waals surface area contributed by atoms with Crippen LogP contribution in [-0.4, -0.2) is 51.5 Å². The third kappa shape index (κ3) is 3.93. The Balaban J connectivity index is 1.58. The average Bonchev–Trinajstić information content (AvgIpc) is 3.12. The first-order valence-corrected chi connectivity index (χ1v) is 8.53. The van der Waals surface area contributed by atoms with E-state index in [1.165, 1.54) is 0 Å². The van der Waals surface area contributed by atoms with Gasteiger partial charge in [0.15, 0.2) is 0 Å². The second kappa shape index (κ2) is 7.47. The fourth-order valence-electron chi connectivity index (χ4n) is 3.21. The fraction of sp³-hybridized carbons (Fsp3) is 0.500. The number of pyridine rings is 1. The van der Waals surface area contributed by atoms with E-state index < -0.39 is 0 Å². The number of carbonyl (C=O) groups is 1. The number of nitrogens with zero attached hydrogens (tertiary/aromatic N) is 5. The van der Waals surface area contributed by atoms with Gasteiger partial charge in [0.1, 0.15) is 5.82 Å². The maximum atomic E-state index is 12.5. The first-order valence-electron chi connectivity index (χ1n) is 8.53. The van der Waals surface area contributed by atoms with Gasteiger partial charge in [-0.3, -0.25) is 4.79 Å². The summed E-state index contributed by atoms with van der Waals surface area (Å²) in [5, 5.41) is 0. The molecule has 0 spiro atoms. The lowest BCUT2D eigenvalue weighted by Gasteiger charge is -2.38. The Labute approximate surface area is 143 Å². The normalized spacial score (nSPS) is 17.8. The average molecular weight is 327 g/mol. The number of imidazole rings is 1. The molecule has 1 amide bonds. The van der Waals surface area contributed by atoms with Crippen LogP contribution in [-0.2, 0) is 11.3 Å². The second-order valence-corrected chi connectivity index (χ2v) is 6.43. The molecule has 6 heteroatoms. The summed E-state index contributed by atoms with van der Waals surface area (Å²) < 4.78 is 1.94. The number of anilines is 1. The van der Waals surface area contributed by atoms with Crippen molar-refractivity contribution in [1.82, 2.24) is 19.4 Å². The molecule has 0 bridgehead atoms. The number of hydrogen-bond donors (Lipinski definition) is 0. The van der Waals surface area contributed by atoms with Gasteiger partial charge in [-0.25, -0.2) is 9.97 Å². The molecule has 6 nitrogen and oxygen atoms in total. The van der Waals surface area contributed by atoms with Crippen LogP contribution in [0.4, 0.5) is 5.82 Å². The summed E-state index contributed by atoms with van der Waals surface area (Å²) in [6.07, 6.45) is 8.02. The minimum atomic E-state index is 0.188. The van der Waals surface area contributed by atoms with Crippen LogP contribution in [0, 0.1) is 6.92 Å². The SMILES string of the molecule is Cc1cccc(N2CCC[C@H](N(C)C(=O)CCn3ccnc3)C2)n1. The molecule has 1 atom stereocenters. The lowest BCUT2D eigenvalue weighted by Crippen LogP contribution is -2.49. The summed E-state index contributed by atoms with van der Waals surface area (Å²) in [6.45, 7) is 4.55. The Kier molecular flexibility index (Phi) is 5.13. The predicted molar refractivity (Wildman–Crippen MR) is 93.8 cm³/mol. The standard InChI is InChI=1S/C18H25N5O/c1-15-5-3-7-17(20-15)23-10-4-6-16(13-23)21(2)18(24)8-11-22-12-9-19-14-22/h3,5,7,9,12,14,16H,4,6,8,10-11,13H2,1-2H3/t16-/m0/s1. The molecule has 3 heterocycles. The molecule has 24 heavy (non-hydrogen) atoms. The van der Waals surface area contributed by atoms with Gasteiger partial charge in [-0.1, -0.05) is 6.07 Å². The highest BCUT2D eigenvalue weighted by molar-refractivity contribution is 5.76. The summed E-state index contributed by atoms with van der Waals surface area (Å²) in [5.41, 5.74) is 1.03. The quantitative estimate of drug-likeness (QED) is 0.844. The molecule has 3 rings (SSSR count). The van der Waals surface area contributed by atoms with Crippen LogP contribution in [0.15, 0.2) is 36.9 Å². The van der Waals surface area contributed by atoms with Crippen LogP contribution in [0.5, 0.6) is 0 Å². The van der Waals surface area contributed by atoms with Crippen molar-refractivity contribution in [2.45, 2.75) is 38.8 Å². The zero-order chi connectivity index (χ0) is 16.9. The van der Waals surface area contributed by atoms with E-state index in [0.29, 0.717) is 13.0 Å². The van der Waals surface area contributed by atoms with Crippen LogP contribution >= 0.6 is 0 Å². The lowest BCUT2D eigenvalue weighted by molar-refractivity contribution is -0.132. The molecular formula is C18H25N5O. The fourth-order valence-corrected chi connectivity index (χ4v) is 3.21. The first-order chi connectivity index (χ1) is 11.6. The molecule has 0 aromatic carbocycles. The number of aromatic nitrogens is 3. The summed E-state index contributed by atoms with van der Waals surface area (Å²) in [5.74, 6) is 1.20. The van der Waals surface area contributed by atoms with Gasteiger partial charge >= 0.3 is 0 Å². The van der Waals surface area contributed by atoms with Crippen LogP contribution in [0.3, 0.4) is 0 Å². The van der Waals surface area contributed by atoms with Gasteiger partial charge in [-0.2, -0.15) is 0 Å². The van der Waals surface area contributed by atoms with Crippen molar-refractivity contribution < 1.29 is 4.79 Å². The van der Waals surface area contributed by atoms with Crippen LogP contribution in [0.25, 0.3) is 0 Å². The van der Waals surface area contributed by atoms with Crippen molar-refractivity contribution in [2.75, 3.05) is 25.0 Å². The van der Waals surface area contributed by atoms with Crippen molar-refractivity contribution in [3.8, 4) is 0 Å². The number of piperidine rings is 1. The highest BCUT2D eigenvalue weighted by Crippen LogP contribution is 2.21. The van der Waals surface area contributed by atoms with E-state index >= 15 is 0 Å².